The lowest BCUT2D eigenvalue weighted by atomic mass is 10.2. The first kappa shape index (κ1) is 17.3. The predicted octanol–water partition coefficient (Wildman–Crippen LogP) is 2.21. The van der Waals surface area contributed by atoms with Gasteiger partial charge in [0.05, 0.1) is 11.4 Å². The number of carbonyl (C=O) groups is 2. The van der Waals surface area contributed by atoms with Crippen LogP contribution in [-0.2, 0) is 0 Å². The molecule has 134 valence electrons. The second kappa shape index (κ2) is 7.18. The van der Waals surface area contributed by atoms with Crippen molar-refractivity contribution in [3.63, 3.8) is 0 Å². The van der Waals surface area contributed by atoms with Crippen molar-refractivity contribution in [2.24, 2.45) is 0 Å². The first-order valence-electron chi connectivity index (χ1n) is 8.10. The Morgan fingerprint density at radius 2 is 1.77 bits per heavy atom. The van der Waals surface area contributed by atoms with Crippen LogP contribution in [0.15, 0.2) is 36.5 Å². The van der Waals surface area contributed by atoms with Crippen LogP contribution >= 0.6 is 0 Å². The number of carbonyl (C=O) groups excluding carboxylic acids is 2. The van der Waals surface area contributed by atoms with Gasteiger partial charge in [-0.15, -0.1) is 5.10 Å². The van der Waals surface area contributed by atoms with Gasteiger partial charge in [0.15, 0.2) is 0 Å². The number of hydrogen-bond acceptors (Lipinski definition) is 5. The summed E-state index contributed by atoms with van der Waals surface area (Å²) in [6.45, 7) is 5.56. The third-order valence-electron chi connectivity index (χ3n) is 3.48. The molecule has 0 aliphatic carbocycles. The van der Waals surface area contributed by atoms with Crippen LogP contribution in [-0.4, -0.2) is 37.6 Å². The average molecular weight is 353 g/mol. The fourth-order valence-electron chi connectivity index (χ4n) is 2.30. The number of benzene rings is 1. The lowest BCUT2D eigenvalue weighted by Gasteiger charge is -2.13. The van der Waals surface area contributed by atoms with Crippen molar-refractivity contribution in [2.45, 2.75) is 26.8 Å². The molecule has 0 aliphatic heterocycles. The van der Waals surface area contributed by atoms with Gasteiger partial charge in [0.2, 0.25) is 5.82 Å². The molecule has 2 aromatic heterocycles. The second-order valence-electron chi connectivity index (χ2n) is 5.99. The molecule has 0 saturated heterocycles. The van der Waals surface area contributed by atoms with Crippen LogP contribution in [0, 0.1) is 6.92 Å². The topological polar surface area (TPSA) is 113 Å². The van der Waals surface area contributed by atoms with Gasteiger partial charge in [-0.05, 0) is 39.0 Å². The number of hydrogen-bond donors (Lipinski definition) is 3. The zero-order valence-electron chi connectivity index (χ0n) is 14.6. The third-order valence-corrected chi connectivity index (χ3v) is 3.48. The van der Waals surface area contributed by atoms with E-state index in [9.17, 15) is 9.59 Å². The minimum absolute atomic E-state index is 0.00494. The first-order valence-corrected chi connectivity index (χ1v) is 8.10. The summed E-state index contributed by atoms with van der Waals surface area (Å²) in [5.74, 6) is -0.153. The maximum atomic E-state index is 12.5. The molecule has 3 N–H and O–H groups in total. The van der Waals surface area contributed by atoms with Crippen molar-refractivity contribution in [1.29, 1.82) is 0 Å². The summed E-state index contributed by atoms with van der Waals surface area (Å²) in [7, 11) is 0. The van der Waals surface area contributed by atoms with Crippen LogP contribution in [0.2, 0.25) is 0 Å². The molecule has 0 bridgehead atoms. The smallest absolute Gasteiger partial charge is 0.319 e. The van der Waals surface area contributed by atoms with Crippen LogP contribution < -0.4 is 16.0 Å². The molecule has 0 spiro atoms. The molecule has 9 nitrogen and oxygen atoms in total. The second-order valence-corrected chi connectivity index (χ2v) is 5.99. The number of rotatable bonds is 4. The molecule has 2 heterocycles. The number of para-hydroxylation sites is 2. The molecule has 0 unspecified atom stereocenters. The molecule has 3 rings (SSSR count). The first-order chi connectivity index (χ1) is 12.4. The normalized spacial score (nSPS) is 10.8. The van der Waals surface area contributed by atoms with E-state index in [1.54, 1.807) is 36.5 Å². The van der Waals surface area contributed by atoms with E-state index in [-0.39, 0.29) is 17.9 Å². The van der Waals surface area contributed by atoms with E-state index < -0.39 is 5.91 Å². The molecular formula is C17H19N7O2. The van der Waals surface area contributed by atoms with E-state index in [0.29, 0.717) is 17.2 Å². The zero-order chi connectivity index (χ0) is 18.7. The van der Waals surface area contributed by atoms with E-state index in [1.807, 2.05) is 20.8 Å². The maximum Gasteiger partial charge on any atom is 0.319 e. The number of anilines is 2. The van der Waals surface area contributed by atoms with Crippen molar-refractivity contribution < 1.29 is 9.59 Å². The van der Waals surface area contributed by atoms with Gasteiger partial charge < -0.3 is 16.0 Å². The van der Waals surface area contributed by atoms with Gasteiger partial charge in [0, 0.05) is 17.9 Å². The van der Waals surface area contributed by atoms with Gasteiger partial charge in [0.25, 0.3) is 11.7 Å². The molecule has 9 heteroatoms. The van der Waals surface area contributed by atoms with E-state index in [1.165, 1.54) is 4.52 Å². The van der Waals surface area contributed by atoms with Crippen LogP contribution in [0.1, 0.15) is 30.2 Å². The molecule has 0 fully saturated rings. The summed E-state index contributed by atoms with van der Waals surface area (Å²) in [5, 5.41) is 12.3. The number of amides is 3. The van der Waals surface area contributed by atoms with Crippen molar-refractivity contribution >= 4 is 29.1 Å². The van der Waals surface area contributed by atoms with Gasteiger partial charge in [-0.25, -0.2) is 14.3 Å². The SMILES string of the molecule is Cc1ccnc2nc(C(=O)Nc3ccccc3NC(=O)NC(C)C)nn12. The summed E-state index contributed by atoms with van der Waals surface area (Å²) in [5.41, 5.74) is 1.73. The molecule has 3 aromatic rings. The Balaban J connectivity index is 1.80. The van der Waals surface area contributed by atoms with Crippen LogP contribution in [0.25, 0.3) is 5.78 Å². The lowest BCUT2D eigenvalue weighted by molar-refractivity contribution is 0.101. The van der Waals surface area contributed by atoms with Crippen molar-refractivity contribution in [2.75, 3.05) is 10.6 Å². The number of fused-ring (bicyclic) bond motifs is 1. The molecule has 0 aliphatic rings. The minimum atomic E-state index is -0.492. The lowest BCUT2D eigenvalue weighted by Crippen LogP contribution is -2.34. The number of nitrogens with one attached hydrogen (secondary N) is 3. The Kier molecular flexibility index (Phi) is 4.78. The quantitative estimate of drug-likeness (QED) is 0.665. The van der Waals surface area contributed by atoms with Crippen LogP contribution in [0.5, 0.6) is 0 Å². The Labute approximate surface area is 149 Å². The zero-order valence-corrected chi connectivity index (χ0v) is 14.6. The Morgan fingerprint density at radius 3 is 2.42 bits per heavy atom. The summed E-state index contributed by atoms with van der Waals surface area (Å²) in [4.78, 5) is 32.6. The fraction of sp³-hybridized carbons (Fsp3) is 0.235. The fourth-order valence-corrected chi connectivity index (χ4v) is 2.30. The van der Waals surface area contributed by atoms with Crippen molar-refractivity contribution in [3.8, 4) is 0 Å². The highest BCUT2D eigenvalue weighted by Crippen LogP contribution is 2.21. The summed E-state index contributed by atoms with van der Waals surface area (Å²) >= 11 is 0. The largest absolute Gasteiger partial charge is 0.336 e. The van der Waals surface area contributed by atoms with Crippen molar-refractivity contribution in [1.82, 2.24) is 24.9 Å². The Morgan fingerprint density at radius 1 is 1.08 bits per heavy atom. The maximum absolute atomic E-state index is 12.5. The summed E-state index contributed by atoms with van der Waals surface area (Å²) in [6, 6.07) is 8.30. The van der Waals surface area contributed by atoms with Gasteiger partial charge in [-0.3, -0.25) is 4.79 Å². The predicted molar refractivity (Wildman–Crippen MR) is 97.2 cm³/mol. The number of aromatic nitrogens is 4. The van der Waals surface area contributed by atoms with Gasteiger partial charge >= 0.3 is 6.03 Å². The highest BCUT2D eigenvalue weighted by molar-refractivity contribution is 6.05. The van der Waals surface area contributed by atoms with E-state index in [2.05, 4.69) is 31.0 Å². The van der Waals surface area contributed by atoms with Gasteiger partial charge in [0.1, 0.15) is 0 Å². The summed E-state index contributed by atoms with van der Waals surface area (Å²) in [6.07, 6.45) is 1.60. The molecule has 3 amide bonds. The van der Waals surface area contributed by atoms with Crippen molar-refractivity contribution in [3.05, 3.63) is 48.0 Å². The standard InChI is InChI=1S/C17H19N7O2/c1-10(2)19-17(26)21-13-7-5-4-6-12(13)20-15(25)14-22-16-18-9-8-11(3)24(16)23-14/h4-10H,1-3H3,(H,20,25)(H2,19,21,26). The summed E-state index contributed by atoms with van der Waals surface area (Å²) < 4.78 is 1.50. The Bertz CT molecular complexity index is 965. The monoisotopic (exact) mass is 353 g/mol. The van der Waals surface area contributed by atoms with Gasteiger partial charge in [-0.1, -0.05) is 12.1 Å². The molecule has 0 atom stereocenters. The van der Waals surface area contributed by atoms with E-state index >= 15 is 0 Å². The molecule has 0 saturated carbocycles. The van der Waals surface area contributed by atoms with Gasteiger partial charge in [-0.2, -0.15) is 4.98 Å². The highest BCUT2D eigenvalue weighted by atomic mass is 16.2. The molecular weight excluding hydrogens is 334 g/mol. The number of nitrogens with zero attached hydrogens (tertiary/aromatic N) is 4. The highest BCUT2D eigenvalue weighted by Gasteiger charge is 2.16. The van der Waals surface area contributed by atoms with E-state index in [4.69, 9.17) is 0 Å². The average Bonchev–Trinajstić information content (AvgIpc) is 3.02. The molecule has 1 aromatic carbocycles. The van der Waals surface area contributed by atoms with Crippen LogP contribution in [0.3, 0.4) is 0 Å². The number of urea groups is 1. The molecule has 26 heavy (non-hydrogen) atoms. The molecule has 0 radical (unpaired) electrons. The minimum Gasteiger partial charge on any atom is -0.336 e. The number of aryl methyl sites for hydroxylation is 1. The van der Waals surface area contributed by atoms with Crippen LogP contribution in [0.4, 0.5) is 16.2 Å². The third kappa shape index (κ3) is 3.77. The van der Waals surface area contributed by atoms with E-state index in [0.717, 1.165) is 5.69 Å². The Hall–Kier alpha value is -3.49.